The zero-order valence-corrected chi connectivity index (χ0v) is 13.8. The molecule has 0 aliphatic rings. The molecule has 0 aliphatic carbocycles. The number of rotatable bonds is 2. The summed E-state index contributed by atoms with van der Waals surface area (Å²) in [6.07, 6.45) is 1.56. The van der Waals surface area contributed by atoms with E-state index in [4.69, 9.17) is 11.6 Å². The van der Waals surface area contributed by atoms with Crippen molar-refractivity contribution in [2.75, 3.05) is 5.32 Å². The Kier molecular flexibility index (Phi) is 3.59. The lowest BCUT2D eigenvalue weighted by Crippen LogP contribution is -1.98. The van der Waals surface area contributed by atoms with Gasteiger partial charge in [-0.05, 0) is 68.3 Å². The van der Waals surface area contributed by atoms with Gasteiger partial charge in [0.05, 0.1) is 12.0 Å². The summed E-state index contributed by atoms with van der Waals surface area (Å²) >= 11 is 11.6. The van der Waals surface area contributed by atoms with Gasteiger partial charge in [0.15, 0.2) is 11.5 Å². The molecule has 1 aromatic carbocycles. The van der Waals surface area contributed by atoms with Gasteiger partial charge in [-0.2, -0.15) is 9.97 Å². The van der Waals surface area contributed by atoms with Crippen LogP contribution in [0.15, 0.2) is 29.0 Å². The van der Waals surface area contributed by atoms with Crippen LogP contribution in [0.5, 0.6) is 0 Å². The second-order valence-electron chi connectivity index (χ2n) is 3.69. The van der Waals surface area contributed by atoms with Crippen LogP contribution >= 0.6 is 50.1 Å². The van der Waals surface area contributed by atoms with E-state index in [1.807, 2.05) is 18.2 Å². The van der Waals surface area contributed by atoms with Crippen LogP contribution in [0.2, 0.25) is 5.28 Å². The summed E-state index contributed by atoms with van der Waals surface area (Å²) in [6.45, 7) is 0. The van der Waals surface area contributed by atoms with E-state index in [0.29, 0.717) is 11.5 Å². The molecule has 8 heteroatoms. The van der Waals surface area contributed by atoms with Crippen LogP contribution in [0.3, 0.4) is 0 Å². The smallest absolute Gasteiger partial charge is 0.226 e. The average Bonchev–Trinajstić information content (AvgIpc) is 2.80. The standard InChI is InChI=1S/C11H6BrClIN5/c12-6-3-5(14)1-2-7(6)17-10-8-9(16-4-15-8)18-11(13)19-10/h1-4H,(H2,15,16,17,18,19). The Morgan fingerprint density at radius 1 is 1.32 bits per heavy atom. The number of halogens is 3. The topological polar surface area (TPSA) is 66.5 Å². The van der Waals surface area contributed by atoms with E-state index in [0.717, 1.165) is 19.2 Å². The molecule has 96 valence electrons. The third-order valence-corrected chi connectivity index (χ3v) is 3.94. The van der Waals surface area contributed by atoms with Crippen molar-refractivity contribution >= 4 is 72.8 Å². The van der Waals surface area contributed by atoms with Crippen LogP contribution in [-0.4, -0.2) is 19.9 Å². The number of aromatic amines is 1. The maximum Gasteiger partial charge on any atom is 0.226 e. The Bertz CT molecular complexity index is 760. The van der Waals surface area contributed by atoms with Crippen molar-refractivity contribution in [2.45, 2.75) is 0 Å². The van der Waals surface area contributed by atoms with Crippen LogP contribution in [0.4, 0.5) is 11.5 Å². The molecule has 0 saturated heterocycles. The lowest BCUT2D eigenvalue weighted by atomic mass is 10.3. The van der Waals surface area contributed by atoms with E-state index in [2.05, 4.69) is 63.8 Å². The predicted octanol–water partition coefficient (Wildman–Crippen LogP) is 4.12. The summed E-state index contributed by atoms with van der Waals surface area (Å²) in [6, 6.07) is 5.97. The monoisotopic (exact) mass is 449 g/mol. The third-order valence-electron chi connectivity index (χ3n) is 2.44. The number of nitrogens with zero attached hydrogens (tertiary/aromatic N) is 3. The number of anilines is 2. The first-order valence-electron chi connectivity index (χ1n) is 5.22. The quantitative estimate of drug-likeness (QED) is 0.456. The van der Waals surface area contributed by atoms with Crippen molar-refractivity contribution in [1.29, 1.82) is 0 Å². The lowest BCUT2D eigenvalue weighted by molar-refractivity contribution is 1.20. The second kappa shape index (κ2) is 5.22. The van der Waals surface area contributed by atoms with Crippen LogP contribution in [0.1, 0.15) is 0 Å². The molecule has 0 unspecified atom stereocenters. The van der Waals surface area contributed by atoms with E-state index in [9.17, 15) is 0 Å². The molecule has 2 N–H and O–H groups in total. The minimum Gasteiger partial charge on any atom is -0.340 e. The van der Waals surface area contributed by atoms with E-state index in [-0.39, 0.29) is 5.28 Å². The number of imidazole rings is 1. The Hall–Kier alpha value is -0.930. The first-order chi connectivity index (χ1) is 9.13. The predicted molar refractivity (Wildman–Crippen MR) is 86.8 cm³/mol. The summed E-state index contributed by atoms with van der Waals surface area (Å²) in [7, 11) is 0. The molecule has 0 amide bonds. The Labute approximate surface area is 135 Å². The molecule has 3 rings (SSSR count). The largest absolute Gasteiger partial charge is 0.340 e. The average molecular weight is 450 g/mol. The third kappa shape index (κ3) is 2.67. The number of benzene rings is 1. The van der Waals surface area contributed by atoms with Crippen molar-refractivity contribution in [3.8, 4) is 0 Å². The molecule has 0 aliphatic heterocycles. The van der Waals surface area contributed by atoms with Gasteiger partial charge in [-0.15, -0.1) is 0 Å². The van der Waals surface area contributed by atoms with Gasteiger partial charge >= 0.3 is 0 Å². The second-order valence-corrected chi connectivity index (χ2v) is 6.13. The molecule has 19 heavy (non-hydrogen) atoms. The highest BCUT2D eigenvalue weighted by Crippen LogP contribution is 2.29. The maximum atomic E-state index is 5.88. The highest BCUT2D eigenvalue weighted by molar-refractivity contribution is 14.1. The van der Waals surface area contributed by atoms with Gasteiger partial charge in [0.2, 0.25) is 5.28 Å². The van der Waals surface area contributed by atoms with Crippen molar-refractivity contribution in [3.63, 3.8) is 0 Å². The van der Waals surface area contributed by atoms with Crippen molar-refractivity contribution in [3.05, 3.63) is 37.9 Å². The van der Waals surface area contributed by atoms with Crippen molar-refractivity contribution in [1.82, 2.24) is 19.9 Å². The number of hydrogen-bond acceptors (Lipinski definition) is 4. The zero-order chi connectivity index (χ0) is 13.4. The summed E-state index contributed by atoms with van der Waals surface area (Å²) in [5.74, 6) is 0.592. The minimum atomic E-state index is 0.156. The first-order valence-corrected chi connectivity index (χ1v) is 7.47. The van der Waals surface area contributed by atoms with Gasteiger partial charge in [-0.3, -0.25) is 0 Å². The summed E-state index contributed by atoms with van der Waals surface area (Å²) in [5, 5.41) is 3.37. The Balaban J connectivity index is 2.07. The molecule has 0 spiro atoms. The number of fused-ring (bicyclic) bond motifs is 1. The number of nitrogens with one attached hydrogen (secondary N) is 2. The first kappa shape index (κ1) is 13.1. The normalized spacial score (nSPS) is 10.9. The molecule has 5 nitrogen and oxygen atoms in total. The lowest BCUT2D eigenvalue weighted by Gasteiger charge is -2.08. The summed E-state index contributed by atoms with van der Waals surface area (Å²) < 4.78 is 2.09. The molecule has 0 bridgehead atoms. The van der Waals surface area contributed by atoms with E-state index >= 15 is 0 Å². The molecule has 2 heterocycles. The number of H-pyrrole nitrogens is 1. The van der Waals surface area contributed by atoms with E-state index in [1.165, 1.54) is 0 Å². The molecule has 3 aromatic rings. The van der Waals surface area contributed by atoms with Gasteiger partial charge in [-0.1, -0.05) is 0 Å². The van der Waals surface area contributed by atoms with Crippen molar-refractivity contribution in [2.24, 2.45) is 0 Å². The molecule has 0 radical (unpaired) electrons. The SMILES string of the molecule is Clc1nc(Nc2ccc(I)cc2Br)c2[nH]cnc2n1. The van der Waals surface area contributed by atoms with Crippen molar-refractivity contribution < 1.29 is 0 Å². The molecular weight excluding hydrogens is 444 g/mol. The summed E-state index contributed by atoms with van der Waals surface area (Å²) in [5.41, 5.74) is 2.14. The van der Waals surface area contributed by atoms with Gasteiger partial charge in [-0.25, -0.2) is 4.98 Å². The Morgan fingerprint density at radius 2 is 2.16 bits per heavy atom. The molecule has 0 fully saturated rings. The fraction of sp³-hybridized carbons (Fsp3) is 0. The molecule has 0 saturated carbocycles. The molecule has 2 aromatic heterocycles. The highest BCUT2D eigenvalue weighted by Gasteiger charge is 2.10. The van der Waals surface area contributed by atoms with Crippen LogP contribution in [0, 0.1) is 3.57 Å². The van der Waals surface area contributed by atoms with Gasteiger partial charge in [0.25, 0.3) is 0 Å². The zero-order valence-electron chi connectivity index (χ0n) is 9.28. The van der Waals surface area contributed by atoms with Crippen LogP contribution < -0.4 is 5.32 Å². The van der Waals surface area contributed by atoms with E-state index < -0.39 is 0 Å². The number of hydrogen-bond donors (Lipinski definition) is 2. The van der Waals surface area contributed by atoms with Gasteiger partial charge in [0, 0.05) is 8.04 Å². The highest BCUT2D eigenvalue weighted by atomic mass is 127. The number of aromatic nitrogens is 4. The van der Waals surface area contributed by atoms with Gasteiger partial charge < -0.3 is 10.3 Å². The summed E-state index contributed by atoms with van der Waals surface area (Å²) in [4.78, 5) is 15.3. The fourth-order valence-corrected chi connectivity index (χ4v) is 3.18. The van der Waals surface area contributed by atoms with Gasteiger partial charge in [0.1, 0.15) is 5.52 Å². The fourth-order valence-electron chi connectivity index (χ4n) is 1.62. The van der Waals surface area contributed by atoms with E-state index in [1.54, 1.807) is 6.33 Å². The van der Waals surface area contributed by atoms with Crippen LogP contribution in [-0.2, 0) is 0 Å². The Morgan fingerprint density at radius 3 is 2.95 bits per heavy atom. The van der Waals surface area contributed by atoms with Crippen LogP contribution in [0.25, 0.3) is 11.2 Å². The molecule has 0 atom stereocenters. The maximum absolute atomic E-state index is 5.88. The minimum absolute atomic E-state index is 0.156. The molecular formula is C11H6BrClIN5.